The van der Waals surface area contributed by atoms with Crippen molar-refractivity contribution >= 4 is 35.3 Å². The smallest absolute Gasteiger partial charge is 0.168 e. The van der Waals surface area contributed by atoms with Crippen molar-refractivity contribution in [2.75, 3.05) is 0 Å². The molecule has 0 fully saturated rings. The van der Waals surface area contributed by atoms with Crippen molar-refractivity contribution in [1.29, 1.82) is 0 Å². The van der Waals surface area contributed by atoms with E-state index in [2.05, 4.69) is 26.2 Å². The number of hydrogen-bond donors (Lipinski definition) is 1. The van der Waals surface area contributed by atoms with E-state index in [4.69, 9.17) is 5.73 Å². The first-order chi connectivity index (χ1) is 3.81. The second kappa shape index (κ2) is 5.43. The van der Waals surface area contributed by atoms with Gasteiger partial charge in [-0.2, -0.15) is 0 Å². The lowest BCUT2D eigenvalue weighted by molar-refractivity contribution is 1.51. The van der Waals surface area contributed by atoms with E-state index in [0.29, 0.717) is 5.17 Å². The molecule has 0 unspecified atom stereocenters. The van der Waals surface area contributed by atoms with Gasteiger partial charge >= 0.3 is 0 Å². The van der Waals surface area contributed by atoms with Gasteiger partial charge in [0.2, 0.25) is 0 Å². The standard InChI is InChI=1S/C4H7IN2S/c1-2-3-7-4(6)8-5/h2-3H,1H3,(H2,6,7)/b3-2-. The number of amidine groups is 1. The van der Waals surface area contributed by atoms with Gasteiger partial charge in [0.1, 0.15) is 0 Å². The van der Waals surface area contributed by atoms with Crippen LogP contribution in [0.25, 0.3) is 0 Å². The minimum Gasteiger partial charge on any atom is -0.378 e. The topological polar surface area (TPSA) is 38.4 Å². The first kappa shape index (κ1) is 8.29. The first-order valence-electron chi connectivity index (χ1n) is 2.04. The summed E-state index contributed by atoms with van der Waals surface area (Å²) < 4.78 is 0. The van der Waals surface area contributed by atoms with Gasteiger partial charge < -0.3 is 5.73 Å². The maximum Gasteiger partial charge on any atom is 0.168 e. The van der Waals surface area contributed by atoms with Crippen molar-refractivity contribution in [1.82, 2.24) is 0 Å². The maximum absolute atomic E-state index is 5.31. The largest absolute Gasteiger partial charge is 0.378 e. The molecule has 0 heterocycles. The second-order valence-electron chi connectivity index (χ2n) is 1.03. The quantitative estimate of drug-likeness (QED) is 0.433. The number of rotatable bonds is 1. The van der Waals surface area contributed by atoms with Crippen molar-refractivity contribution in [3.63, 3.8) is 0 Å². The summed E-state index contributed by atoms with van der Waals surface area (Å²) in [6.45, 7) is 1.90. The third-order valence-electron chi connectivity index (χ3n) is 0.430. The third-order valence-corrected chi connectivity index (χ3v) is 2.05. The number of halogens is 1. The molecule has 0 radical (unpaired) electrons. The molecule has 0 spiro atoms. The van der Waals surface area contributed by atoms with Crippen LogP contribution in [0.3, 0.4) is 0 Å². The molecule has 0 rings (SSSR count). The van der Waals surface area contributed by atoms with E-state index in [0.717, 1.165) is 0 Å². The van der Waals surface area contributed by atoms with Gasteiger partial charge in [0.25, 0.3) is 0 Å². The van der Waals surface area contributed by atoms with Crippen LogP contribution in [0.2, 0.25) is 0 Å². The molecule has 0 amide bonds. The van der Waals surface area contributed by atoms with Crippen LogP contribution >= 0.6 is 30.1 Å². The number of nitrogens with two attached hydrogens (primary N) is 1. The third kappa shape index (κ3) is 4.45. The Morgan fingerprint density at radius 1 is 1.88 bits per heavy atom. The average Bonchev–Trinajstić information content (AvgIpc) is 1.83. The normalized spacial score (nSPS) is 13.0. The Labute approximate surface area is 65.2 Å². The van der Waals surface area contributed by atoms with E-state index in [1.54, 1.807) is 6.20 Å². The molecule has 46 valence electrons. The zero-order valence-electron chi connectivity index (χ0n) is 4.47. The molecule has 0 aliphatic heterocycles. The van der Waals surface area contributed by atoms with E-state index in [-0.39, 0.29) is 0 Å². The van der Waals surface area contributed by atoms with Crippen molar-refractivity contribution in [2.24, 2.45) is 10.7 Å². The summed E-state index contributed by atoms with van der Waals surface area (Å²) in [7, 11) is 1.41. The SMILES string of the molecule is C/C=C\N=C(\N)SI. The highest BCUT2D eigenvalue weighted by Gasteiger charge is 1.80. The maximum atomic E-state index is 5.31. The summed E-state index contributed by atoms with van der Waals surface area (Å²) >= 11 is 2.08. The summed E-state index contributed by atoms with van der Waals surface area (Å²) in [4.78, 5) is 3.83. The molecule has 0 aliphatic carbocycles. The Kier molecular flexibility index (Phi) is 5.62. The Balaban J connectivity index is 3.57. The van der Waals surface area contributed by atoms with Crippen LogP contribution in [0.1, 0.15) is 6.92 Å². The minimum absolute atomic E-state index is 0.587. The fourth-order valence-electron chi connectivity index (χ4n) is 0.168. The van der Waals surface area contributed by atoms with Crippen molar-refractivity contribution in [3.05, 3.63) is 12.3 Å². The highest BCUT2D eigenvalue weighted by Crippen LogP contribution is 2.09. The summed E-state index contributed by atoms with van der Waals surface area (Å²) in [5.74, 6) is 0. The summed E-state index contributed by atoms with van der Waals surface area (Å²) in [5.41, 5.74) is 5.31. The molecule has 0 atom stereocenters. The predicted molar refractivity (Wildman–Crippen MR) is 48.0 cm³/mol. The molecule has 0 aromatic heterocycles. The van der Waals surface area contributed by atoms with Crippen LogP contribution in [0.4, 0.5) is 0 Å². The van der Waals surface area contributed by atoms with Crippen LogP contribution in [-0.2, 0) is 0 Å². The highest BCUT2D eigenvalue weighted by molar-refractivity contribution is 14.2. The molecule has 0 aromatic rings. The summed E-state index contributed by atoms with van der Waals surface area (Å²) in [6.07, 6.45) is 3.50. The van der Waals surface area contributed by atoms with Gasteiger partial charge in [0.15, 0.2) is 5.17 Å². The zero-order chi connectivity index (χ0) is 6.41. The van der Waals surface area contributed by atoms with Gasteiger partial charge in [-0.1, -0.05) is 6.08 Å². The number of allylic oxidation sites excluding steroid dienone is 1. The summed E-state index contributed by atoms with van der Waals surface area (Å²) in [5, 5.41) is 0.587. The minimum atomic E-state index is 0.587. The van der Waals surface area contributed by atoms with Gasteiger partial charge in [-0.3, -0.25) is 0 Å². The van der Waals surface area contributed by atoms with E-state index < -0.39 is 0 Å². The van der Waals surface area contributed by atoms with Gasteiger partial charge in [0.05, 0.1) is 0 Å². The number of hydrogen-bond acceptors (Lipinski definition) is 2. The molecule has 0 saturated heterocycles. The molecular formula is C4H7IN2S. The van der Waals surface area contributed by atoms with Crippen LogP contribution < -0.4 is 5.73 Å². The average molecular weight is 242 g/mol. The second-order valence-corrected chi connectivity index (χ2v) is 2.92. The van der Waals surface area contributed by atoms with Crippen molar-refractivity contribution in [2.45, 2.75) is 6.92 Å². The fraction of sp³-hybridized carbons (Fsp3) is 0.250. The van der Waals surface area contributed by atoms with E-state index >= 15 is 0 Å². The Morgan fingerprint density at radius 3 is 2.88 bits per heavy atom. The van der Waals surface area contributed by atoms with Crippen molar-refractivity contribution < 1.29 is 0 Å². The Bertz CT molecular complexity index is 111. The lowest BCUT2D eigenvalue weighted by atomic mass is 10.7. The monoisotopic (exact) mass is 242 g/mol. The lowest BCUT2D eigenvalue weighted by Crippen LogP contribution is -2.01. The molecule has 0 aromatic carbocycles. The first-order valence-corrected chi connectivity index (χ1v) is 5.40. The van der Waals surface area contributed by atoms with Crippen LogP contribution in [-0.4, -0.2) is 5.17 Å². The van der Waals surface area contributed by atoms with Crippen LogP contribution in [0.15, 0.2) is 17.3 Å². The Morgan fingerprint density at radius 2 is 2.50 bits per heavy atom. The Hall–Kier alpha value is 0.290. The number of nitrogens with zero attached hydrogens (tertiary/aromatic N) is 1. The van der Waals surface area contributed by atoms with E-state index in [9.17, 15) is 0 Å². The molecule has 8 heavy (non-hydrogen) atoms. The zero-order valence-corrected chi connectivity index (χ0v) is 7.44. The van der Waals surface area contributed by atoms with Gasteiger partial charge in [-0.05, 0) is 15.9 Å². The number of aliphatic imine (C=N–C) groups is 1. The molecule has 0 aliphatic rings. The molecular weight excluding hydrogens is 235 g/mol. The van der Waals surface area contributed by atoms with E-state index in [1.807, 2.05) is 13.0 Å². The van der Waals surface area contributed by atoms with Crippen LogP contribution in [0.5, 0.6) is 0 Å². The predicted octanol–water partition coefficient (Wildman–Crippen LogP) is 1.92. The highest BCUT2D eigenvalue weighted by atomic mass is 127. The lowest BCUT2D eigenvalue weighted by Gasteiger charge is -1.84. The van der Waals surface area contributed by atoms with Crippen molar-refractivity contribution in [3.8, 4) is 0 Å². The van der Waals surface area contributed by atoms with Gasteiger partial charge in [-0.25, -0.2) is 4.99 Å². The van der Waals surface area contributed by atoms with Crippen LogP contribution in [0, 0.1) is 0 Å². The molecule has 2 nitrogen and oxygen atoms in total. The fourth-order valence-corrected chi connectivity index (χ4v) is 0.610. The van der Waals surface area contributed by atoms with E-state index in [1.165, 1.54) is 8.93 Å². The van der Waals surface area contributed by atoms with Gasteiger partial charge in [-0.15, -0.1) is 0 Å². The molecule has 4 heteroatoms. The molecule has 0 saturated carbocycles. The van der Waals surface area contributed by atoms with Gasteiger partial charge in [0, 0.05) is 27.4 Å². The molecule has 2 N–H and O–H groups in total. The molecule has 0 bridgehead atoms. The summed E-state index contributed by atoms with van der Waals surface area (Å²) in [6, 6.07) is 0.